The van der Waals surface area contributed by atoms with E-state index < -0.39 is 12.1 Å². The largest absolute Gasteiger partial charge is 0.497 e. The van der Waals surface area contributed by atoms with Gasteiger partial charge in [-0.05, 0) is 48.0 Å². The molecule has 3 aromatic carbocycles. The molecule has 0 aliphatic rings. The van der Waals surface area contributed by atoms with Gasteiger partial charge in [-0.3, -0.25) is 0 Å². The number of hydrogen-bond donors (Lipinski definition) is 2. The second-order valence-electron chi connectivity index (χ2n) is 6.27. The van der Waals surface area contributed by atoms with Crippen LogP contribution in [0, 0.1) is 0 Å². The maximum absolute atomic E-state index is 12.9. The Balaban J connectivity index is 1.75. The van der Waals surface area contributed by atoms with Gasteiger partial charge in [-0.1, -0.05) is 53.5 Å². The molecule has 0 saturated carbocycles. The fourth-order valence-corrected chi connectivity index (χ4v) is 2.86. The monoisotopic (exact) mass is 459 g/mol. The predicted molar refractivity (Wildman–Crippen MR) is 121 cm³/mol. The van der Waals surface area contributed by atoms with Crippen molar-refractivity contribution in [2.45, 2.75) is 6.61 Å². The van der Waals surface area contributed by atoms with Crippen LogP contribution in [0.15, 0.2) is 72.8 Å². The van der Waals surface area contributed by atoms with Crippen molar-refractivity contribution < 1.29 is 19.1 Å². The van der Waals surface area contributed by atoms with E-state index in [-0.39, 0.29) is 11.6 Å². The molecule has 0 aliphatic carbocycles. The van der Waals surface area contributed by atoms with Gasteiger partial charge in [0.2, 0.25) is 0 Å². The van der Waals surface area contributed by atoms with E-state index in [1.807, 2.05) is 30.3 Å². The standard InChI is InChI=1S/C22H19Cl2N3O4/c1-30-18-10-8-17(9-11-18)27(21(28)25-16-7-12-19(23)20(24)13-16)26-22(29)31-14-15-5-3-2-4-6-15/h2-13H,14H2,1H3,(H,25,28)(H,26,29). The van der Waals surface area contributed by atoms with Gasteiger partial charge < -0.3 is 14.8 Å². The van der Waals surface area contributed by atoms with Gasteiger partial charge in [0, 0.05) is 5.69 Å². The van der Waals surface area contributed by atoms with Crippen LogP contribution in [0.2, 0.25) is 10.0 Å². The number of benzene rings is 3. The number of carbonyl (C=O) groups excluding carboxylic acids is 2. The number of urea groups is 1. The molecule has 0 radical (unpaired) electrons. The molecule has 0 saturated heterocycles. The summed E-state index contributed by atoms with van der Waals surface area (Å²) in [6.07, 6.45) is -0.802. The summed E-state index contributed by atoms with van der Waals surface area (Å²) >= 11 is 11.9. The number of hydrogen-bond acceptors (Lipinski definition) is 4. The maximum atomic E-state index is 12.9. The van der Waals surface area contributed by atoms with Crippen LogP contribution in [-0.2, 0) is 11.3 Å². The molecule has 160 valence electrons. The van der Waals surface area contributed by atoms with E-state index >= 15 is 0 Å². The second kappa shape index (κ2) is 10.6. The molecule has 0 atom stereocenters. The SMILES string of the molecule is COc1ccc(N(NC(=O)OCc2ccccc2)C(=O)Nc2ccc(Cl)c(Cl)c2)cc1. The number of anilines is 2. The summed E-state index contributed by atoms with van der Waals surface area (Å²) in [5.74, 6) is 0.597. The van der Waals surface area contributed by atoms with Crippen LogP contribution in [0.25, 0.3) is 0 Å². The molecule has 0 aliphatic heterocycles. The van der Waals surface area contributed by atoms with Crippen LogP contribution in [0.5, 0.6) is 5.75 Å². The van der Waals surface area contributed by atoms with Crippen molar-refractivity contribution >= 4 is 46.7 Å². The van der Waals surface area contributed by atoms with E-state index in [9.17, 15) is 9.59 Å². The number of carbonyl (C=O) groups is 2. The van der Waals surface area contributed by atoms with Crippen LogP contribution < -0.4 is 20.5 Å². The Morgan fingerprint density at radius 2 is 1.65 bits per heavy atom. The zero-order chi connectivity index (χ0) is 22.2. The molecule has 7 nitrogen and oxygen atoms in total. The number of methoxy groups -OCH3 is 1. The lowest BCUT2D eigenvalue weighted by atomic mass is 10.2. The number of nitrogens with one attached hydrogen (secondary N) is 2. The second-order valence-corrected chi connectivity index (χ2v) is 7.08. The van der Waals surface area contributed by atoms with E-state index in [1.165, 1.54) is 13.2 Å². The van der Waals surface area contributed by atoms with E-state index in [4.69, 9.17) is 32.7 Å². The maximum Gasteiger partial charge on any atom is 0.426 e. The van der Waals surface area contributed by atoms with Gasteiger partial charge in [0.05, 0.1) is 22.8 Å². The van der Waals surface area contributed by atoms with Gasteiger partial charge in [-0.25, -0.2) is 15.0 Å². The van der Waals surface area contributed by atoms with E-state index in [2.05, 4.69) is 10.7 Å². The third kappa shape index (κ3) is 6.28. The molecule has 3 aromatic rings. The lowest BCUT2D eigenvalue weighted by Gasteiger charge is -2.23. The number of hydrazine groups is 1. The predicted octanol–water partition coefficient (Wildman–Crippen LogP) is 5.88. The summed E-state index contributed by atoms with van der Waals surface area (Å²) in [7, 11) is 1.53. The summed E-state index contributed by atoms with van der Waals surface area (Å²) in [5.41, 5.74) is 4.05. The van der Waals surface area contributed by atoms with Gasteiger partial charge in [0.15, 0.2) is 0 Å². The van der Waals surface area contributed by atoms with Crippen LogP contribution in [0.4, 0.5) is 21.0 Å². The van der Waals surface area contributed by atoms with Gasteiger partial charge in [-0.2, -0.15) is 5.01 Å². The van der Waals surface area contributed by atoms with Gasteiger partial charge in [0.25, 0.3) is 0 Å². The average molecular weight is 460 g/mol. The van der Waals surface area contributed by atoms with Gasteiger partial charge >= 0.3 is 12.1 Å². The number of rotatable bonds is 5. The molecular weight excluding hydrogens is 441 g/mol. The van der Waals surface area contributed by atoms with E-state index in [0.29, 0.717) is 22.1 Å². The lowest BCUT2D eigenvalue weighted by molar-refractivity contribution is 0.139. The van der Waals surface area contributed by atoms with Crippen LogP contribution in [0.3, 0.4) is 0 Å². The van der Waals surface area contributed by atoms with Crippen molar-refractivity contribution in [1.29, 1.82) is 0 Å². The van der Waals surface area contributed by atoms with Crippen molar-refractivity contribution in [2.75, 3.05) is 17.4 Å². The van der Waals surface area contributed by atoms with Crippen molar-refractivity contribution in [1.82, 2.24) is 5.43 Å². The highest BCUT2D eigenvalue weighted by atomic mass is 35.5. The van der Waals surface area contributed by atoms with Gasteiger partial charge in [0.1, 0.15) is 12.4 Å². The zero-order valence-corrected chi connectivity index (χ0v) is 18.0. The Labute approximate surface area is 189 Å². The fraction of sp³-hybridized carbons (Fsp3) is 0.0909. The number of nitrogens with zero attached hydrogens (tertiary/aromatic N) is 1. The Kier molecular flexibility index (Phi) is 7.59. The molecule has 0 heterocycles. The smallest absolute Gasteiger partial charge is 0.426 e. The summed E-state index contributed by atoms with van der Waals surface area (Å²) in [4.78, 5) is 25.3. The van der Waals surface area contributed by atoms with Crippen LogP contribution >= 0.6 is 23.2 Å². The minimum Gasteiger partial charge on any atom is -0.497 e. The third-order valence-electron chi connectivity index (χ3n) is 4.12. The molecule has 3 amide bonds. The summed E-state index contributed by atoms with van der Waals surface area (Å²) in [6.45, 7) is 0.0531. The first-order chi connectivity index (χ1) is 15.0. The number of ether oxygens (including phenoxy) is 2. The first kappa shape index (κ1) is 22.3. The first-order valence-electron chi connectivity index (χ1n) is 9.14. The Bertz CT molecular complexity index is 1050. The van der Waals surface area contributed by atoms with E-state index in [1.54, 1.807) is 36.4 Å². The zero-order valence-electron chi connectivity index (χ0n) is 16.5. The highest BCUT2D eigenvalue weighted by Gasteiger charge is 2.20. The van der Waals surface area contributed by atoms with Crippen LogP contribution in [-0.4, -0.2) is 19.2 Å². The lowest BCUT2D eigenvalue weighted by Crippen LogP contribution is -2.48. The number of amides is 3. The Morgan fingerprint density at radius 1 is 0.935 bits per heavy atom. The molecule has 0 aromatic heterocycles. The molecule has 2 N–H and O–H groups in total. The van der Waals surface area contributed by atoms with Gasteiger partial charge in [-0.15, -0.1) is 0 Å². The summed E-state index contributed by atoms with van der Waals surface area (Å²) in [5, 5.41) is 4.32. The highest BCUT2D eigenvalue weighted by Crippen LogP contribution is 2.26. The minimum absolute atomic E-state index is 0.0531. The van der Waals surface area contributed by atoms with Crippen molar-refractivity contribution in [3.63, 3.8) is 0 Å². The molecule has 0 spiro atoms. The normalized spacial score (nSPS) is 10.2. The molecule has 0 fully saturated rings. The van der Waals surface area contributed by atoms with Crippen molar-refractivity contribution in [3.05, 3.63) is 88.4 Å². The Hall–Kier alpha value is -3.42. The van der Waals surface area contributed by atoms with Crippen molar-refractivity contribution in [2.24, 2.45) is 0 Å². The molecular formula is C22H19Cl2N3O4. The first-order valence-corrected chi connectivity index (χ1v) is 9.89. The van der Waals surface area contributed by atoms with Crippen LogP contribution in [0.1, 0.15) is 5.56 Å². The summed E-state index contributed by atoms with van der Waals surface area (Å²) < 4.78 is 10.4. The Morgan fingerprint density at radius 3 is 2.29 bits per heavy atom. The molecule has 9 heteroatoms. The molecule has 31 heavy (non-hydrogen) atoms. The summed E-state index contributed by atoms with van der Waals surface area (Å²) in [6, 6.07) is 19.7. The molecule has 3 rings (SSSR count). The molecule has 0 unspecified atom stereocenters. The molecule has 0 bridgehead atoms. The fourth-order valence-electron chi connectivity index (χ4n) is 2.56. The van der Waals surface area contributed by atoms with Crippen molar-refractivity contribution in [3.8, 4) is 5.75 Å². The minimum atomic E-state index is -0.802. The van der Waals surface area contributed by atoms with E-state index in [0.717, 1.165) is 10.6 Å². The highest BCUT2D eigenvalue weighted by molar-refractivity contribution is 6.42. The topological polar surface area (TPSA) is 79.9 Å². The number of halogens is 2. The third-order valence-corrected chi connectivity index (χ3v) is 4.86. The average Bonchev–Trinajstić information content (AvgIpc) is 2.79. The quantitative estimate of drug-likeness (QED) is 0.466.